The number of alkyl halides is 3. The molecule has 3 nitrogen and oxygen atoms in total. The lowest BCUT2D eigenvalue weighted by atomic mass is 9.91. The van der Waals surface area contributed by atoms with Gasteiger partial charge in [0, 0.05) is 12.8 Å². The molecule has 1 aromatic carbocycles. The molecule has 0 aliphatic carbocycles. The van der Waals surface area contributed by atoms with Crippen molar-refractivity contribution in [3.8, 4) is 5.75 Å². The van der Waals surface area contributed by atoms with Gasteiger partial charge in [-0.15, -0.1) is 0 Å². The van der Waals surface area contributed by atoms with Crippen molar-refractivity contribution in [2.24, 2.45) is 5.92 Å². The van der Waals surface area contributed by atoms with E-state index < -0.39 is 24.5 Å². The third kappa shape index (κ3) is 7.33. The first kappa shape index (κ1) is 18.3. The van der Waals surface area contributed by atoms with E-state index >= 15 is 0 Å². The smallest absolute Gasteiger partial charge is 0.389 e. The van der Waals surface area contributed by atoms with Crippen LogP contribution < -0.4 is 4.74 Å². The molecule has 1 aromatic rings. The number of carbonyl (C=O) groups is 1. The van der Waals surface area contributed by atoms with E-state index in [1.165, 1.54) is 7.11 Å². The molecule has 1 rings (SSSR count). The molecular formula is C16H21F3O3. The number of halogens is 3. The van der Waals surface area contributed by atoms with Crippen molar-refractivity contribution in [2.75, 3.05) is 13.7 Å². The Morgan fingerprint density at radius 2 is 2.05 bits per heavy atom. The molecule has 0 radical (unpaired) electrons. The van der Waals surface area contributed by atoms with Crippen LogP contribution in [0, 0.1) is 5.92 Å². The predicted molar refractivity (Wildman–Crippen MR) is 76.7 cm³/mol. The molecule has 22 heavy (non-hydrogen) atoms. The summed E-state index contributed by atoms with van der Waals surface area (Å²) in [5, 5.41) is 0. The maximum Gasteiger partial charge on any atom is 0.389 e. The van der Waals surface area contributed by atoms with Crippen molar-refractivity contribution in [3.05, 3.63) is 29.8 Å². The van der Waals surface area contributed by atoms with Crippen LogP contribution in [0.1, 0.15) is 31.7 Å². The van der Waals surface area contributed by atoms with Crippen LogP contribution >= 0.6 is 0 Å². The summed E-state index contributed by atoms with van der Waals surface area (Å²) in [4.78, 5) is 11.6. The van der Waals surface area contributed by atoms with Gasteiger partial charge in [0.25, 0.3) is 0 Å². The van der Waals surface area contributed by atoms with Gasteiger partial charge in [-0.05, 0) is 43.4 Å². The molecule has 0 fully saturated rings. The second-order valence-corrected chi connectivity index (χ2v) is 5.08. The molecule has 0 N–H and O–H groups in total. The van der Waals surface area contributed by atoms with Crippen LogP contribution in [0.25, 0.3) is 0 Å². The van der Waals surface area contributed by atoms with Crippen LogP contribution in [-0.4, -0.2) is 25.9 Å². The van der Waals surface area contributed by atoms with E-state index in [0.29, 0.717) is 12.2 Å². The summed E-state index contributed by atoms with van der Waals surface area (Å²) in [5.74, 6) is -0.228. The third-order valence-corrected chi connectivity index (χ3v) is 3.26. The van der Waals surface area contributed by atoms with Crippen LogP contribution in [0.15, 0.2) is 24.3 Å². The summed E-state index contributed by atoms with van der Waals surface area (Å²) in [6.07, 6.45) is -4.85. The number of methoxy groups -OCH3 is 1. The quantitative estimate of drug-likeness (QED) is 0.676. The van der Waals surface area contributed by atoms with E-state index in [1.807, 2.05) is 6.07 Å². The van der Waals surface area contributed by atoms with Gasteiger partial charge in [-0.25, -0.2) is 0 Å². The fourth-order valence-electron chi connectivity index (χ4n) is 2.23. The molecule has 0 aliphatic rings. The van der Waals surface area contributed by atoms with Gasteiger partial charge in [-0.3, -0.25) is 4.79 Å². The molecule has 0 heterocycles. The summed E-state index contributed by atoms with van der Waals surface area (Å²) in [5.41, 5.74) is 0.843. The minimum Gasteiger partial charge on any atom is -0.497 e. The number of carbonyl (C=O) groups excluding carboxylic acids is 1. The highest BCUT2D eigenvalue weighted by molar-refractivity contribution is 5.69. The molecule has 0 bridgehead atoms. The summed E-state index contributed by atoms with van der Waals surface area (Å²) in [7, 11) is 1.53. The molecule has 0 saturated heterocycles. The van der Waals surface area contributed by atoms with E-state index in [0.717, 1.165) is 5.56 Å². The van der Waals surface area contributed by atoms with Crippen molar-refractivity contribution < 1.29 is 27.4 Å². The van der Waals surface area contributed by atoms with Crippen LogP contribution in [0.5, 0.6) is 5.75 Å². The maximum absolute atomic E-state index is 12.4. The highest BCUT2D eigenvalue weighted by Gasteiger charge is 2.29. The summed E-state index contributed by atoms with van der Waals surface area (Å²) in [6.45, 7) is 1.90. The Labute approximate surface area is 128 Å². The van der Waals surface area contributed by atoms with Crippen molar-refractivity contribution >= 4 is 5.97 Å². The second kappa shape index (κ2) is 8.66. The topological polar surface area (TPSA) is 35.5 Å². The molecular weight excluding hydrogens is 297 g/mol. The first-order chi connectivity index (χ1) is 10.3. The monoisotopic (exact) mass is 318 g/mol. The van der Waals surface area contributed by atoms with Crippen LogP contribution in [-0.2, 0) is 16.0 Å². The summed E-state index contributed by atoms with van der Waals surface area (Å²) >= 11 is 0. The van der Waals surface area contributed by atoms with E-state index in [1.54, 1.807) is 25.1 Å². The Morgan fingerprint density at radius 3 is 2.64 bits per heavy atom. The van der Waals surface area contributed by atoms with Gasteiger partial charge in [-0.2, -0.15) is 13.2 Å². The number of hydrogen-bond donors (Lipinski definition) is 0. The van der Waals surface area contributed by atoms with Gasteiger partial charge < -0.3 is 9.47 Å². The van der Waals surface area contributed by atoms with Gasteiger partial charge in [0.15, 0.2) is 0 Å². The zero-order valence-electron chi connectivity index (χ0n) is 12.8. The fourth-order valence-corrected chi connectivity index (χ4v) is 2.23. The standard InChI is InChI=1S/C16H21F3O3/c1-3-22-15(20)11-13(7-8-16(17,18)19)9-12-5-4-6-14(10-12)21-2/h4-6,10,13H,3,7-9,11H2,1-2H3. The number of hydrogen-bond acceptors (Lipinski definition) is 3. The van der Waals surface area contributed by atoms with Crippen molar-refractivity contribution in [3.63, 3.8) is 0 Å². The molecule has 1 atom stereocenters. The molecule has 6 heteroatoms. The lowest BCUT2D eigenvalue weighted by Crippen LogP contribution is -2.17. The Balaban J connectivity index is 2.72. The molecule has 0 spiro atoms. The molecule has 0 amide bonds. The number of rotatable bonds is 8. The molecule has 0 aromatic heterocycles. The van der Waals surface area contributed by atoms with Gasteiger partial charge in [0.2, 0.25) is 0 Å². The van der Waals surface area contributed by atoms with E-state index in [-0.39, 0.29) is 19.4 Å². The highest BCUT2D eigenvalue weighted by atomic mass is 19.4. The Bertz CT molecular complexity index is 472. The minimum absolute atomic E-state index is 0.0128. The lowest BCUT2D eigenvalue weighted by molar-refractivity contribution is -0.147. The van der Waals surface area contributed by atoms with Gasteiger partial charge >= 0.3 is 12.1 Å². The molecule has 1 unspecified atom stereocenters. The van der Waals surface area contributed by atoms with E-state index in [9.17, 15) is 18.0 Å². The number of esters is 1. The van der Waals surface area contributed by atoms with Gasteiger partial charge in [0.05, 0.1) is 13.7 Å². The number of benzene rings is 1. The zero-order chi connectivity index (χ0) is 16.6. The van der Waals surface area contributed by atoms with Crippen LogP contribution in [0.3, 0.4) is 0 Å². The maximum atomic E-state index is 12.4. The largest absolute Gasteiger partial charge is 0.497 e. The Kier molecular flexibility index (Phi) is 7.21. The van der Waals surface area contributed by atoms with E-state index in [2.05, 4.69) is 0 Å². The average Bonchev–Trinajstić information content (AvgIpc) is 2.44. The molecule has 124 valence electrons. The summed E-state index contributed by atoms with van der Waals surface area (Å²) < 4.78 is 47.2. The molecule has 0 aliphatic heterocycles. The third-order valence-electron chi connectivity index (χ3n) is 3.26. The van der Waals surface area contributed by atoms with E-state index in [4.69, 9.17) is 9.47 Å². The fraction of sp³-hybridized carbons (Fsp3) is 0.562. The van der Waals surface area contributed by atoms with Crippen LogP contribution in [0.2, 0.25) is 0 Å². The first-order valence-electron chi connectivity index (χ1n) is 7.19. The number of ether oxygens (including phenoxy) is 2. The van der Waals surface area contributed by atoms with Gasteiger partial charge in [-0.1, -0.05) is 12.1 Å². The van der Waals surface area contributed by atoms with Crippen molar-refractivity contribution in [1.29, 1.82) is 0 Å². The minimum atomic E-state index is -4.22. The average molecular weight is 318 g/mol. The summed E-state index contributed by atoms with van der Waals surface area (Å²) in [6, 6.07) is 7.12. The normalized spacial score (nSPS) is 12.8. The van der Waals surface area contributed by atoms with Crippen molar-refractivity contribution in [1.82, 2.24) is 0 Å². The Hall–Kier alpha value is -1.72. The van der Waals surface area contributed by atoms with Crippen LogP contribution in [0.4, 0.5) is 13.2 Å². The Morgan fingerprint density at radius 1 is 1.32 bits per heavy atom. The lowest BCUT2D eigenvalue weighted by Gasteiger charge is -2.17. The first-order valence-corrected chi connectivity index (χ1v) is 7.19. The van der Waals surface area contributed by atoms with Gasteiger partial charge in [0.1, 0.15) is 5.75 Å². The second-order valence-electron chi connectivity index (χ2n) is 5.08. The zero-order valence-corrected chi connectivity index (χ0v) is 12.8. The van der Waals surface area contributed by atoms with Crippen molar-refractivity contribution in [2.45, 2.75) is 38.8 Å². The molecule has 0 saturated carbocycles. The predicted octanol–water partition coefficient (Wildman–Crippen LogP) is 4.15. The SMILES string of the molecule is CCOC(=O)CC(CCC(F)(F)F)Cc1cccc(OC)c1. The highest BCUT2D eigenvalue weighted by Crippen LogP contribution is 2.28.